The van der Waals surface area contributed by atoms with Gasteiger partial charge < -0.3 is 9.47 Å². The molecule has 8 heteroatoms. The van der Waals surface area contributed by atoms with Crippen molar-refractivity contribution in [1.29, 1.82) is 0 Å². The average molecular weight is 774 g/mol. The molecule has 0 unspecified atom stereocenters. The van der Waals surface area contributed by atoms with E-state index in [0.29, 0.717) is 17.7 Å². The van der Waals surface area contributed by atoms with Gasteiger partial charge in [0.05, 0.1) is 22.1 Å². The summed E-state index contributed by atoms with van der Waals surface area (Å²) in [7, 11) is -3.03. The fourth-order valence-corrected chi connectivity index (χ4v) is 14.9. The van der Waals surface area contributed by atoms with Crippen molar-refractivity contribution >= 4 is 72.4 Å². The van der Waals surface area contributed by atoms with Crippen LogP contribution in [0.3, 0.4) is 0 Å². The van der Waals surface area contributed by atoms with Crippen LogP contribution in [-0.2, 0) is 0 Å². The van der Waals surface area contributed by atoms with Gasteiger partial charge in [0, 0.05) is 27.1 Å². The predicted molar refractivity (Wildman–Crippen MR) is 238 cm³/mol. The Bertz CT molecular complexity index is 3210. The lowest BCUT2D eigenvalue weighted by Crippen LogP contribution is -2.77. The second-order valence-electron chi connectivity index (χ2n) is 15.2. The molecule has 11 aromatic rings. The Hall–Kier alpha value is -7.81. The summed E-state index contributed by atoms with van der Waals surface area (Å²) in [4.78, 5) is 16.2. The molecule has 0 amide bonds. The first-order chi connectivity index (χ1) is 29.3. The topological polar surface area (TPSA) is 67.0 Å². The summed E-state index contributed by atoms with van der Waals surface area (Å²) in [5.74, 6) is 5.07. The van der Waals surface area contributed by atoms with E-state index >= 15 is 0 Å². The van der Waals surface area contributed by atoms with Crippen LogP contribution >= 0.6 is 0 Å². The third kappa shape index (κ3) is 4.43. The Balaban J connectivity index is 1.13. The predicted octanol–water partition coefficient (Wildman–Crippen LogP) is 9.32. The molecule has 0 atom stereocenters. The molecule has 1 spiro atoms. The maximum Gasteiger partial charge on any atom is 0.240 e. The number of hydrogen-bond donors (Lipinski definition) is 0. The molecule has 276 valence electrons. The zero-order chi connectivity index (χ0) is 38.7. The zero-order valence-electron chi connectivity index (χ0n) is 31.5. The summed E-state index contributed by atoms with van der Waals surface area (Å²) >= 11 is 0. The van der Waals surface area contributed by atoms with Crippen LogP contribution in [0.4, 0.5) is 0 Å². The van der Waals surface area contributed by atoms with Crippen molar-refractivity contribution in [2.45, 2.75) is 0 Å². The van der Waals surface area contributed by atoms with Gasteiger partial charge in [0.25, 0.3) is 0 Å². The standard InChI is InChI=1S/C51H31N5O2Si/c1-5-19-37-33(15-1)34-16-2-6-20-38(34)55(37)50-52-49(53-51(54-50)56-39-21-7-3-17-35(39)36-18-4-8-22-40(36)56)32-29-30-44-48(31-32)59(47-28-14-11-25-43(47)58-44)45-26-12-9-23-41(45)57-42-24-10-13-27-46(42)59/h1-31H. The van der Waals surface area contributed by atoms with E-state index in [4.69, 9.17) is 24.4 Å². The highest BCUT2D eigenvalue weighted by molar-refractivity contribution is 7.21. The highest BCUT2D eigenvalue weighted by atomic mass is 28.3. The van der Waals surface area contributed by atoms with E-state index in [1.165, 1.54) is 15.6 Å². The van der Waals surface area contributed by atoms with Crippen LogP contribution in [0.1, 0.15) is 0 Å². The molecular weight excluding hydrogens is 743 g/mol. The van der Waals surface area contributed by atoms with Crippen molar-refractivity contribution in [2.24, 2.45) is 0 Å². The minimum atomic E-state index is -3.03. The molecule has 13 rings (SSSR count). The number of para-hydroxylation sites is 7. The lowest BCUT2D eigenvalue weighted by Gasteiger charge is -2.43. The Kier molecular flexibility index (Phi) is 6.62. The highest BCUT2D eigenvalue weighted by Crippen LogP contribution is 2.38. The summed E-state index contributed by atoms with van der Waals surface area (Å²) < 4.78 is 17.8. The van der Waals surface area contributed by atoms with E-state index < -0.39 is 8.07 Å². The van der Waals surface area contributed by atoms with Gasteiger partial charge in [0.15, 0.2) is 13.9 Å². The van der Waals surface area contributed by atoms with Crippen molar-refractivity contribution in [3.63, 3.8) is 0 Å². The first kappa shape index (κ1) is 32.3. The van der Waals surface area contributed by atoms with Crippen molar-refractivity contribution in [3.8, 4) is 46.3 Å². The van der Waals surface area contributed by atoms with Gasteiger partial charge in [-0.15, -0.1) is 0 Å². The van der Waals surface area contributed by atoms with Crippen LogP contribution in [0.25, 0.3) is 66.9 Å². The number of hydrogen-bond acceptors (Lipinski definition) is 5. The summed E-state index contributed by atoms with van der Waals surface area (Å²) in [5.41, 5.74) is 4.96. The van der Waals surface area contributed by atoms with Crippen molar-refractivity contribution < 1.29 is 9.47 Å². The lowest BCUT2D eigenvalue weighted by atomic mass is 10.2. The fourth-order valence-electron chi connectivity index (χ4n) is 9.71. The van der Waals surface area contributed by atoms with Gasteiger partial charge in [-0.2, -0.15) is 15.0 Å². The van der Waals surface area contributed by atoms with Gasteiger partial charge in [0.2, 0.25) is 11.9 Å². The number of rotatable bonds is 3. The summed E-state index contributed by atoms with van der Waals surface area (Å²) in [6.07, 6.45) is 0. The van der Waals surface area contributed by atoms with Gasteiger partial charge >= 0.3 is 0 Å². The molecule has 0 saturated carbocycles. The van der Waals surface area contributed by atoms with E-state index in [1.807, 2.05) is 0 Å². The number of benzene rings is 8. The summed E-state index contributed by atoms with van der Waals surface area (Å²) in [6.45, 7) is 0. The van der Waals surface area contributed by atoms with Gasteiger partial charge in [0.1, 0.15) is 23.0 Å². The van der Waals surface area contributed by atoms with Crippen LogP contribution in [0.2, 0.25) is 0 Å². The summed E-state index contributed by atoms with van der Waals surface area (Å²) in [6, 6.07) is 65.8. The van der Waals surface area contributed by atoms with E-state index in [-0.39, 0.29) is 0 Å². The fraction of sp³-hybridized carbons (Fsp3) is 0. The zero-order valence-corrected chi connectivity index (χ0v) is 32.5. The number of nitrogens with zero attached hydrogens (tertiary/aromatic N) is 5. The first-order valence-corrected chi connectivity index (χ1v) is 21.8. The van der Waals surface area contributed by atoms with Crippen LogP contribution in [0, 0.1) is 0 Å². The largest absolute Gasteiger partial charge is 0.458 e. The molecule has 0 saturated heterocycles. The molecule has 3 aromatic heterocycles. The monoisotopic (exact) mass is 773 g/mol. The Labute approximate surface area is 339 Å². The Morgan fingerprint density at radius 1 is 0.339 bits per heavy atom. The Morgan fingerprint density at radius 2 is 0.695 bits per heavy atom. The quantitative estimate of drug-likeness (QED) is 0.168. The van der Waals surface area contributed by atoms with Gasteiger partial charge in [-0.1, -0.05) is 127 Å². The third-order valence-corrected chi connectivity index (χ3v) is 17.0. The maximum absolute atomic E-state index is 6.82. The SMILES string of the molecule is c1ccc2c(c1)Oc1ccccc1[Si]21c2ccccc2Oc2ccc(-c3nc(-n4c5ccccc5c5ccccc54)nc(-n4c5ccccc5c5ccccc54)n3)cc21. The van der Waals surface area contributed by atoms with Crippen LogP contribution < -0.4 is 30.2 Å². The molecular formula is C51H31N5O2Si. The maximum atomic E-state index is 6.82. The van der Waals surface area contributed by atoms with Crippen molar-refractivity contribution in [2.75, 3.05) is 0 Å². The number of aromatic nitrogens is 5. The average Bonchev–Trinajstić information content (AvgIpc) is 3.82. The molecule has 5 heterocycles. The summed E-state index contributed by atoms with van der Waals surface area (Å²) in [5, 5.41) is 9.21. The second kappa shape index (κ2) is 12.1. The smallest absolute Gasteiger partial charge is 0.240 e. The molecule has 0 fully saturated rings. The lowest BCUT2D eigenvalue weighted by molar-refractivity contribution is 0.481. The molecule has 0 N–H and O–H groups in total. The molecule has 2 aliphatic heterocycles. The normalized spacial score (nSPS) is 13.5. The third-order valence-electron chi connectivity index (χ3n) is 12.1. The van der Waals surface area contributed by atoms with E-state index in [0.717, 1.165) is 77.4 Å². The van der Waals surface area contributed by atoms with E-state index in [1.54, 1.807) is 0 Å². The molecule has 2 aliphatic rings. The van der Waals surface area contributed by atoms with E-state index in [2.05, 4.69) is 197 Å². The molecule has 7 nitrogen and oxygen atoms in total. The van der Waals surface area contributed by atoms with Crippen molar-refractivity contribution in [3.05, 3.63) is 188 Å². The number of ether oxygens (including phenoxy) is 2. The molecule has 0 aliphatic carbocycles. The number of fused-ring (bicyclic) bond motifs is 14. The minimum Gasteiger partial charge on any atom is -0.458 e. The molecule has 59 heavy (non-hydrogen) atoms. The van der Waals surface area contributed by atoms with Crippen molar-refractivity contribution in [1.82, 2.24) is 24.1 Å². The van der Waals surface area contributed by atoms with E-state index in [9.17, 15) is 0 Å². The highest BCUT2D eigenvalue weighted by Gasteiger charge is 2.53. The minimum absolute atomic E-state index is 0.539. The van der Waals surface area contributed by atoms with Crippen LogP contribution in [0.5, 0.6) is 23.0 Å². The molecule has 0 bridgehead atoms. The molecule has 0 radical (unpaired) electrons. The second-order valence-corrected chi connectivity index (χ2v) is 18.8. The van der Waals surface area contributed by atoms with Crippen LogP contribution in [-0.4, -0.2) is 32.2 Å². The van der Waals surface area contributed by atoms with Gasteiger partial charge in [-0.25, -0.2) is 0 Å². The molecule has 8 aromatic carbocycles. The van der Waals surface area contributed by atoms with Gasteiger partial charge in [-0.3, -0.25) is 9.13 Å². The Morgan fingerprint density at radius 3 is 1.12 bits per heavy atom. The van der Waals surface area contributed by atoms with Crippen LogP contribution in [0.15, 0.2) is 188 Å². The van der Waals surface area contributed by atoms with Gasteiger partial charge in [-0.05, 0) is 81.4 Å². The first-order valence-electron chi connectivity index (χ1n) is 19.8.